The van der Waals surface area contributed by atoms with Crippen LogP contribution in [0.5, 0.6) is 0 Å². The lowest BCUT2D eigenvalue weighted by molar-refractivity contribution is -0.192. The van der Waals surface area contributed by atoms with E-state index in [2.05, 4.69) is 25.5 Å². The van der Waals surface area contributed by atoms with Gasteiger partial charge in [-0.05, 0) is 38.0 Å². The molecule has 0 unspecified atom stereocenters. The van der Waals surface area contributed by atoms with Crippen LogP contribution in [0.3, 0.4) is 0 Å². The Morgan fingerprint density at radius 2 is 1.86 bits per heavy atom. The number of aryl methyl sites for hydroxylation is 1. The number of hydrogen-bond donors (Lipinski definition) is 3. The number of carboxylic acid groups (broad SMARTS) is 1. The number of aromatic amines is 1. The number of fused-ring (bicyclic) bond motifs is 2. The van der Waals surface area contributed by atoms with Crippen molar-refractivity contribution >= 4 is 49.6 Å². The standard InChI is InChI=1S/C19H15F2N5OS.C2HF3O2/c1-7-14(10-6-22-26-16(10)8(2)15(7)21)12-3-4-13-18(23-12)28-19(24-13)25-17(27)9-5-11(9)20;3-2(4,5)1(6)7/h3-4,6,9,11H,5H2,1-2H3,(H,22,26)(H,24,25,27);(H,6,7)/t9-,11+;/m1./s1. The van der Waals surface area contributed by atoms with Gasteiger partial charge in [0.25, 0.3) is 0 Å². The minimum absolute atomic E-state index is 0.262. The molecule has 1 amide bonds. The third kappa shape index (κ3) is 4.78. The first-order valence-corrected chi connectivity index (χ1v) is 10.8. The van der Waals surface area contributed by atoms with Gasteiger partial charge < -0.3 is 10.4 Å². The predicted octanol–water partition coefficient (Wildman–Crippen LogP) is 4.92. The fraction of sp³-hybridized carbons (Fsp3) is 0.286. The smallest absolute Gasteiger partial charge is 0.475 e. The molecular weight excluding hydrogens is 497 g/mol. The number of alkyl halides is 4. The monoisotopic (exact) mass is 513 g/mol. The molecule has 3 N–H and O–H groups in total. The van der Waals surface area contributed by atoms with Gasteiger partial charge in [0, 0.05) is 16.5 Å². The fourth-order valence-corrected chi connectivity index (χ4v) is 4.28. The van der Waals surface area contributed by atoms with Gasteiger partial charge >= 0.3 is 12.1 Å². The van der Waals surface area contributed by atoms with Crippen molar-refractivity contribution in [3.63, 3.8) is 0 Å². The number of aromatic nitrogens is 4. The Bertz CT molecular complexity index is 1470. The molecule has 8 nitrogen and oxygen atoms in total. The Morgan fingerprint density at radius 3 is 2.46 bits per heavy atom. The molecule has 0 saturated heterocycles. The van der Waals surface area contributed by atoms with E-state index in [1.165, 1.54) is 11.3 Å². The second-order valence-corrected chi connectivity index (χ2v) is 8.77. The van der Waals surface area contributed by atoms with E-state index in [1.54, 1.807) is 32.2 Å². The van der Waals surface area contributed by atoms with Crippen LogP contribution in [0.4, 0.5) is 27.1 Å². The summed E-state index contributed by atoms with van der Waals surface area (Å²) in [6, 6.07) is 3.55. The average Bonchev–Trinajstić information content (AvgIpc) is 3.16. The van der Waals surface area contributed by atoms with Crippen LogP contribution in [-0.4, -0.2) is 49.5 Å². The summed E-state index contributed by atoms with van der Waals surface area (Å²) in [5.74, 6) is -3.99. The molecule has 4 aromatic rings. The van der Waals surface area contributed by atoms with Crippen LogP contribution in [0.2, 0.25) is 0 Å². The molecule has 2 atom stereocenters. The van der Waals surface area contributed by atoms with Gasteiger partial charge in [0.1, 0.15) is 22.3 Å². The number of hydrogen-bond acceptors (Lipinski definition) is 6. The Morgan fingerprint density at radius 1 is 1.20 bits per heavy atom. The summed E-state index contributed by atoms with van der Waals surface area (Å²) >= 11 is 1.21. The van der Waals surface area contributed by atoms with Gasteiger partial charge in [-0.15, -0.1) is 0 Å². The van der Waals surface area contributed by atoms with Crippen LogP contribution < -0.4 is 5.32 Å². The molecule has 0 bridgehead atoms. The Balaban J connectivity index is 0.000000364. The van der Waals surface area contributed by atoms with Crippen LogP contribution in [0, 0.1) is 25.6 Å². The van der Waals surface area contributed by atoms with Crippen LogP contribution in [-0.2, 0) is 9.59 Å². The number of benzene rings is 1. The largest absolute Gasteiger partial charge is 0.490 e. The molecular formula is C21H16F5N5O3S. The number of aliphatic carboxylic acids is 1. The number of carbonyl (C=O) groups excluding carboxylic acids is 1. The first-order chi connectivity index (χ1) is 16.4. The maximum atomic E-state index is 14.7. The molecule has 1 saturated carbocycles. The Labute approximate surface area is 197 Å². The highest BCUT2D eigenvalue weighted by atomic mass is 32.1. The predicted molar refractivity (Wildman–Crippen MR) is 117 cm³/mol. The summed E-state index contributed by atoms with van der Waals surface area (Å²) in [5, 5.41) is 17.8. The van der Waals surface area contributed by atoms with E-state index in [0.717, 1.165) is 5.39 Å². The van der Waals surface area contributed by atoms with Crippen molar-refractivity contribution < 1.29 is 36.6 Å². The van der Waals surface area contributed by atoms with Gasteiger partial charge in [0.2, 0.25) is 5.91 Å². The number of nitrogens with zero attached hydrogens (tertiary/aromatic N) is 3. The van der Waals surface area contributed by atoms with E-state index in [9.17, 15) is 26.7 Å². The van der Waals surface area contributed by atoms with Crippen molar-refractivity contribution in [2.45, 2.75) is 32.6 Å². The summed E-state index contributed by atoms with van der Waals surface area (Å²) in [6.07, 6.45) is -4.22. The average molecular weight is 513 g/mol. The van der Waals surface area contributed by atoms with E-state index >= 15 is 0 Å². The van der Waals surface area contributed by atoms with E-state index in [1.807, 2.05) is 0 Å². The number of pyridine rings is 1. The van der Waals surface area contributed by atoms with Gasteiger partial charge in [-0.1, -0.05) is 11.3 Å². The van der Waals surface area contributed by atoms with E-state index in [-0.39, 0.29) is 18.1 Å². The minimum Gasteiger partial charge on any atom is -0.475 e. The zero-order valence-electron chi connectivity index (χ0n) is 18.0. The molecule has 184 valence electrons. The first kappa shape index (κ1) is 24.4. The molecule has 1 aliphatic carbocycles. The molecule has 0 spiro atoms. The number of halogens is 5. The molecule has 5 rings (SSSR count). The molecule has 35 heavy (non-hydrogen) atoms. The number of H-pyrrole nitrogens is 1. The summed E-state index contributed by atoms with van der Waals surface area (Å²) < 4.78 is 59.5. The third-order valence-electron chi connectivity index (χ3n) is 5.35. The van der Waals surface area contributed by atoms with Crippen LogP contribution >= 0.6 is 11.3 Å². The van der Waals surface area contributed by atoms with Crippen LogP contribution in [0.1, 0.15) is 17.5 Å². The molecule has 1 aliphatic rings. The van der Waals surface area contributed by atoms with Crippen LogP contribution in [0.25, 0.3) is 32.5 Å². The number of amides is 1. The molecule has 0 radical (unpaired) electrons. The lowest BCUT2D eigenvalue weighted by atomic mass is 9.97. The molecule has 1 aromatic carbocycles. The van der Waals surface area contributed by atoms with E-state index in [0.29, 0.717) is 43.4 Å². The molecule has 14 heteroatoms. The van der Waals surface area contributed by atoms with Crippen molar-refractivity contribution in [2.24, 2.45) is 5.92 Å². The normalized spacial score (nSPS) is 17.2. The lowest BCUT2D eigenvalue weighted by Crippen LogP contribution is -2.21. The minimum atomic E-state index is -5.08. The quantitative estimate of drug-likeness (QED) is 0.335. The zero-order chi connectivity index (χ0) is 25.7. The van der Waals surface area contributed by atoms with Gasteiger partial charge in [0.05, 0.1) is 23.3 Å². The Kier molecular flexibility index (Phi) is 6.17. The van der Waals surface area contributed by atoms with Crippen LogP contribution in [0.15, 0.2) is 18.3 Å². The molecule has 3 heterocycles. The topological polar surface area (TPSA) is 121 Å². The summed E-state index contributed by atoms with van der Waals surface area (Å²) in [7, 11) is 0. The fourth-order valence-electron chi connectivity index (χ4n) is 3.44. The SMILES string of the molecule is Cc1c(F)c(C)c2[nH]ncc2c1-c1ccc2nc(NC(=O)[C@@H]3C[C@@H]3F)sc2n1.O=C(O)C(F)(F)F. The van der Waals surface area contributed by atoms with Crippen molar-refractivity contribution in [1.82, 2.24) is 20.2 Å². The molecule has 3 aromatic heterocycles. The van der Waals surface area contributed by atoms with E-state index in [4.69, 9.17) is 9.90 Å². The summed E-state index contributed by atoms with van der Waals surface area (Å²) in [6.45, 7) is 3.43. The molecule has 0 aliphatic heterocycles. The van der Waals surface area contributed by atoms with Crippen molar-refractivity contribution in [3.8, 4) is 11.3 Å². The maximum absolute atomic E-state index is 14.7. The maximum Gasteiger partial charge on any atom is 0.490 e. The number of nitrogens with one attached hydrogen (secondary N) is 2. The number of carboxylic acids is 1. The highest BCUT2D eigenvalue weighted by Crippen LogP contribution is 2.37. The Hall–Kier alpha value is -3.68. The zero-order valence-corrected chi connectivity index (χ0v) is 18.8. The second kappa shape index (κ2) is 8.83. The van der Waals surface area contributed by atoms with Crippen molar-refractivity contribution in [1.29, 1.82) is 0 Å². The summed E-state index contributed by atoms with van der Waals surface area (Å²) in [4.78, 5) is 30.4. The summed E-state index contributed by atoms with van der Waals surface area (Å²) in [5.41, 5.74) is 3.55. The first-order valence-electron chi connectivity index (χ1n) is 10.0. The number of carbonyl (C=O) groups is 2. The number of rotatable bonds is 3. The van der Waals surface area contributed by atoms with Crippen molar-refractivity contribution in [2.75, 3.05) is 5.32 Å². The van der Waals surface area contributed by atoms with Gasteiger partial charge in [-0.3, -0.25) is 9.89 Å². The number of thiazole rings is 1. The second-order valence-electron chi connectivity index (χ2n) is 7.79. The lowest BCUT2D eigenvalue weighted by Gasteiger charge is -2.10. The van der Waals surface area contributed by atoms with E-state index < -0.39 is 24.2 Å². The molecule has 1 fully saturated rings. The highest BCUT2D eigenvalue weighted by molar-refractivity contribution is 7.22. The van der Waals surface area contributed by atoms with Gasteiger partial charge in [-0.2, -0.15) is 18.3 Å². The highest BCUT2D eigenvalue weighted by Gasteiger charge is 2.44. The van der Waals surface area contributed by atoms with Gasteiger partial charge in [-0.25, -0.2) is 23.5 Å². The number of anilines is 1. The van der Waals surface area contributed by atoms with Gasteiger partial charge in [0.15, 0.2) is 5.13 Å². The third-order valence-corrected chi connectivity index (χ3v) is 6.23. The van der Waals surface area contributed by atoms with Crippen molar-refractivity contribution in [3.05, 3.63) is 35.3 Å².